The van der Waals surface area contributed by atoms with Gasteiger partial charge in [-0.3, -0.25) is 10.1 Å². The molecule has 0 saturated heterocycles. The van der Waals surface area contributed by atoms with Crippen LogP contribution in [0.15, 0.2) is 10.3 Å². The Morgan fingerprint density at radius 3 is 2.52 bits per heavy atom. The number of thiophene rings is 1. The van der Waals surface area contributed by atoms with E-state index >= 15 is 0 Å². The fourth-order valence-corrected chi connectivity index (χ4v) is 4.79. The summed E-state index contributed by atoms with van der Waals surface area (Å²) >= 11 is 0.851. The summed E-state index contributed by atoms with van der Waals surface area (Å²) in [5.41, 5.74) is -0.239. The van der Waals surface area contributed by atoms with Crippen LogP contribution in [0.2, 0.25) is 0 Å². The van der Waals surface area contributed by atoms with E-state index in [0.29, 0.717) is 0 Å². The fraction of sp³-hybridized carbons (Fsp3) is 0.636. The Hall–Kier alpha value is -1.23. The van der Waals surface area contributed by atoms with Crippen LogP contribution in [0, 0.1) is 10.1 Å². The molecule has 1 N–H and O–H groups in total. The number of ether oxygens (including phenoxy) is 1. The summed E-state index contributed by atoms with van der Waals surface area (Å²) in [7, 11) is -0.790. The number of nitrogens with zero attached hydrogens (tertiary/aromatic N) is 2. The highest BCUT2D eigenvalue weighted by Crippen LogP contribution is 2.38. The lowest BCUT2D eigenvalue weighted by Gasteiger charge is -2.24. The second kappa shape index (κ2) is 7.16. The van der Waals surface area contributed by atoms with E-state index in [1.54, 1.807) is 13.8 Å². The Bertz CT molecular complexity index is 597. The molecule has 0 radical (unpaired) electrons. The highest BCUT2D eigenvalue weighted by atomic mass is 32.2. The summed E-state index contributed by atoms with van der Waals surface area (Å²) in [5.74, 6) is 0. The number of sulfonamides is 1. The molecule has 0 aliphatic rings. The van der Waals surface area contributed by atoms with Gasteiger partial charge in [-0.1, -0.05) is 11.3 Å². The Labute approximate surface area is 127 Å². The maximum Gasteiger partial charge on any atom is 0.304 e. The summed E-state index contributed by atoms with van der Waals surface area (Å²) in [6.45, 7) is 3.93. The molecular weight excluding hydrogens is 318 g/mol. The molecule has 0 saturated carbocycles. The summed E-state index contributed by atoms with van der Waals surface area (Å²) in [6.07, 6.45) is 0. The summed E-state index contributed by atoms with van der Waals surface area (Å²) in [6, 6.07) is 0.818. The summed E-state index contributed by atoms with van der Waals surface area (Å²) < 4.78 is 31.4. The zero-order valence-electron chi connectivity index (χ0n) is 12.3. The number of nitrogens with one attached hydrogen (secondary N) is 1. The predicted molar refractivity (Wildman–Crippen MR) is 81.4 cm³/mol. The SMILES string of the molecule is CNc1sc(S(=O)(=O)N(CCOC)C(C)C)cc1[N+](=O)[O-]. The quantitative estimate of drug-likeness (QED) is 0.573. The van der Waals surface area contributed by atoms with Gasteiger partial charge in [-0.2, -0.15) is 4.31 Å². The fourth-order valence-electron chi connectivity index (χ4n) is 1.75. The lowest BCUT2D eigenvalue weighted by atomic mass is 10.4. The predicted octanol–water partition coefficient (Wildman–Crippen LogP) is 1.74. The third kappa shape index (κ3) is 3.90. The Balaban J connectivity index is 3.25. The summed E-state index contributed by atoms with van der Waals surface area (Å²) in [4.78, 5) is 10.3. The summed E-state index contributed by atoms with van der Waals surface area (Å²) in [5, 5.41) is 13.8. The van der Waals surface area contributed by atoms with Crippen molar-refractivity contribution in [3.05, 3.63) is 16.2 Å². The highest BCUT2D eigenvalue weighted by molar-refractivity contribution is 7.91. The van der Waals surface area contributed by atoms with Crippen molar-refractivity contribution in [3.63, 3.8) is 0 Å². The van der Waals surface area contributed by atoms with Crippen molar-refractivity contribution in [2.24, 2.45) is 0 Å². The van der Waals surface area contributed by atoms with Crippen molar-refractivity contribution in [2.45, 2.75) is 24.1 Å². The van der Waals surface area contributed by atoms with Gasteiger partial charge in [-0.15, -0.1) is 0 Å². The molecule has 0 bridgehead atoms. The van der Waals surface area contributed by atoms with E-state index in [4.69, 9.17) is 4.74 Å². The number of anilines is 1. The molecule has 1 rings (SSSR count). The number of hydrogen-bond acceptors (Lipinski definition) is 7. The van der Waals surface area contributed by atoms with Gasteiger partial charge in [-0.25, -0.2) is 8.42 Å². The lowest BCUT2D eigenvalue weighted by molar-refractivity contribution is -0.383. The number of methoxy groups -OCH3 is 1. The smallest absolute Gasteiger partial charge is 0.304 e. The van der Waals surface area contributed by atoms with Crippen LogP contribution in [0.4, 0.5) is 10.7 Å². The molecule has 10 heteroatoms. The van der Waals surface area contributed by atoms with E-state index in [-0.39, 0.29) is 34.1 Å². The first-order valence-corrected chi connectivity index (χ1v) is 8.48. The molecule has 0 aliphatic heterocycles. The van der Waals surface area contributed by atoms with Gasteiger partial charge in [-0.05, 0) is 13.8 Å². The van der Waals surface area contributed by atoms with Gasteiger partial charge in [0.1, 0.15) is 4.21 Å². The average Bonchev–Trinajstić information content (AvgIpc) is 2.83. The molecule has 0 unspecified atom stereocenters. The van der Waals surface area contributed by atoms with Gasteiger partial charge in [0.05, 0.1) is 11.5 Å². The topological polar surface area (TPSA) is 102 Å². The standard InChI is InChI=1S/C11H19N3O5S2/c1-8(2)13(5-6-19-4)21(17,18)10-7-9(14(15)16)11(12-3)20-10/h7-8,12H,5-6H2,1-4H3. The van der Waals surface area contributed by atoms with Crippen LogP contribution in [-0.4, -0.2) is 51.0 Å². The minimum Gasteiger partial charge on any atom is -0.383 e. The molecule has 0 aromatic carbocycles. The normalized spacial score (nSPS) is 12.1. The molecule has 21 heavy (non-hydrogen) atoms. The second-order valence-corrected chi connectivity index (χ2v) is 7.66. The first-order valence-electron chi connectivity index (χ1n) is 6.22. The van der Waals surface area contributed by atoms with E-state index < -0.39 is 14.9 Å². The molecule has 1 aromatic heterocycles. The third-order valence-corrected chi connectivity index (χ3v) is 6.43. The van der Waals surface area contributed by atoms with Gasteiger partial charge in [0.15, 0.2) is 5.00 Å². The lowest BCUT2D eigenvalue weighted by Crippen LogP contribution is -2.38. The van der Waals surface area contributed by atoms with Crippen LogP contribution in [0.5, 0.6) is 0 Å². The monoisotopic (exact) mass is 337 g/mol. The van der Waals surface area contributed by atoms with Crippen LogP contribution >= 0.6 is 11.3 Å². The van der Waals surface area contributed by atoms with Gasteiger partial charge >= 0.3 is 5.69 Å². The number of nitro groups is 1. The van der Waals surface area contributed by atoms with Crippen molar-refractivity contribution in [3.8, 4) is 0 Å². The van der Waals surface area contributed by atoms with Gasteiger partial charge in [0.2, 0.25) is 0 Å². The van der Waals surface area contributed by atoms with Crippen LogP contribution in [0.1, 0.15) is 13.8 Å². The zero-order valence-corrected chi connectivity index (χ0v) is 14.0. The maximum atomic E-state index is 12.6. The third-order valence-electron chi connectivity index (χ3n) is 2.77. The molecule has 0 aliphatic carbocycles. The van der Waals surface area contributed by atoms with E-state index in [1.165, 1.54) is 18.5 Å². The number of hydrogen-bond donors (Lipinski definition) is 1. The van der Waals surface area contributed by atoms with Crippen molar-refractivity contribution < 1.29 is 18.1 Å². The first-order chi connectivity index (χ1) is 9.75. The van der Waals surface area contributed by atoms with Gasteiger partial charge in [0.25, 0.3) is 10.0 Å². The van der Waals surface area contributed by atoms with Crippen LogP contribution < -0.4 is 5.32 Å². The molecule has 0 amide bonds. The molecule has 0 atom stereocenters. The van der Waals surface area contributed by atoms with E-state index in [9.17, 15) is 18.5 Å². The molecule has 0 spiro atoms. The highest BCUT2D eigenvalue weighted by Gasteiger charge is 2.32. The molecule has 1 heterocycles. The van der Waals surface area contributed by atoms with Crippen LogP contribution in [-0.2, 0) is 14.8 Å². The largest absolute Gasteiger partial charge is 0.383 e. The van der Waals surface area contributed by atoms with Gasteiger partial charge in [0, 0.05) is 32.8 Å². The van der Waals surface area contributed by atoms with Crippen molar-refractivity contribution >= 4 is 32.0 Å². The van der Waals surface area contributed by atoms with Crippen molar-refractivity contribution in [1.29, 1.82) is 0 Å². The first kappa shape index (κ1) is 17.8. The van der Waals surface area contributed by atoms with Crippen molar-refractivity contribution in [1.82, 2.24) is 4.31 Å². The zero-order chi connectivity index (χ0) is 16.2. The van der Waals surface area contributed by atoms with E-state index in [0.717, 1.165) is 17.4 Å². The van der Waals surface area contributed by atoms with Crippen LogP contribution in [0.3, 0.4) is 0 Å². The van der Waals surface area contributed by atoms with Crippen LogP contribution in [0.25, 0.3) is 0 Å². The molecule has 1 aromatic rings. The average molecular weight is 337 g/mol. The number of rotatable bonds is 8. The molecular formula is C11H19N3O5S2. The molecule has 0 fully saturated rings. The Morgan fingerprint density at radius 2 is 2.14 bits per heavy atom. The minimum atomic E-state index is -3.79. The Kier molecular flexibility index (Phi) is 6.08. The molecule has 8 nitrogen and oxygen atoms in total. The molecule has 120 valence electrons. The van der Waals surface area contributed by atoms with Crippen molar-refractivity contribution in [2.75, 3.05) is 32.6 Å². The van der Waals surface area contributed by atoms with E-state index in [1.807, 2.05) is 0 Å². The minimum absolute atomic E-state index is 0.0525. The van der Waals surface area contributed by atoms with E-state index in [2.05, 4.69) is 5.32 Å². The second-order valence-electron chi connectivity index (χ2n) is 4.49. The van der Waals surface area contributed by atoms with Gasteiger partial charge < -0.3 is 10.1 Å². The Morgan fingerprint density at radius 1 is 1.52 bits per heavy atom. The maximum absolute atomic E-state index is 12.6.